The Morgan fingerprint density at radius 1 is 1.05 bits per heavy atom. The van der Waals surface area contributed by atoms with E-state index in [1.807, 2.05) is 30.0 Å². The molecule has 1 rings (SSSR count). The Morgan fingerprint density at radius 2 is 1.55 bits per heavy atom. The number of nitrogens with zero attached hydrogens (tertiary/aromatic N) is 3. The van der Waals surface area contributed by atoms with E-state index >= 15 is 0 Å². The molecule has 0 unspecified atom stereocenters. The van der Waals surface area contributed by atoms with Gasteiger partial charge in [-0.05, 0) is 31.8 Å². The summed E-state index contributed by atoms with van der Waals surface area (Å²) in [7, 11) is 0. The van der Waals surface area contributed by atoms with Gasteiger partial charge >= 0.3 is 5.97 Å². The van der Waals surface area contributed by atoms with E-state index < -0.39 is 5.97 Å². The predicted molar refractivity (Wildman–Crippen MR) is 79.4 cm³/mol. The molecule has 1 aromatic rings. The second-order valence-electron chi connectivity index (χ2n) is 4.78. The Balaban J connectivity index is 2.69. The van der Waals surface area contributed by atoms with E-state index in [2.05, 4.69) is 23.7 Å². The van der Waals surface area contributed by atoms with Crippen molar-refractivity contribution in [1.29, 1.82) is 0 Å². The van der Waals surface area contributed by atoms with E-state index in [1.54, 1.807) is 0 Å². The predicted octanol–water partition coefficient (Wildman–Crippen LogP) is 1.83. The molecule has 0 atom stereocenters. The minimum absolute atomic E-state index is 0.0540. The van der Waals surface area contributed by atoms with Gasteiger partial charge in [0.15, 0.2) is 0 Å². The van der Waals surface area contributed by atoms with Gasteiger partial charge in [0.1, 0.15) is 0 Å². The molecule has 1 aromatic heterocycles. The van der Waals surface area contributed by atoms with Crippen LogP contribution in [0.15, 0.2) is 18.2 Å². The molecular formula is C15H25N3O2. The van der Waals surface area contributed by atoms with Crippen molar-refractivity contribution < 1.29 is 9.90 Å². The van der Waals surface area contributed by atoms with Crippen LogP contribution in [-0.2, 0) is 17.9 Å². The number of likely N-dealkylation sites (N-methyl/N-ethyl adjacent to an activating group) is 1. The van der Waals surface area contributed by atoms with Crippen LogP contribution in [0.2, 0.25) is 0 Å². The standard InChI is InChI=1S/C15H25N3O2/c1-4-17(5-2)10-13-8-7-9-14(16-13)11-18(6-3)12-15(19)20/h7-9H,4-6,10-12H2,1-3H3,(H,19,20). The molecule has 0 amide bonds. The van der Waals surface area contributed by atoms with E-state index in [0.717, 1.165) is 31.0 Å². The third kappa shape index (κ3) is 5.67. The molecule has 0 aromatic carbocycles. The molecular weight excluding hydrogens is 254 g/mol. The Hall–Kier alpha value is -1.46. The second-order valence-corrected chi connectivity index (χ2v) is 4.78. The number of hydrogen-bond acceptors (Lipinski definition) is 4. The number of carboxylic acid groups (broad SMARTS) is 1. The van der Waals surface area contributed by atoms with Gasteiger partial charge < -0.3 is 5.11 Å². The van der Waals surface area contributed by atoms with Gasteiger partial charge in [0, 0.05) is 13.1 Å². The molecule has 0 spiro atoms. The molecule has 1 heterocycles. The molecule has 0 bridgehead atoms. The average Bonchev–Trinajstić information content (AvgIpc) is 2.44. The van der Waals surface area contributed by atoms with Crippen LogP contribution in [0.5, 0.6) is 0 Å². The molecule has 0 aliphatic heterocycles. The molecule has 1 N–H and O–H groups in total. The van der Waals surface area contributed by atoms with Crippen molar-refractivity contribution >= 4 is 5.97 Å². The lowest BCUT2D eigenvalue weighted by Gasteiger charge is -2.20. The normalized spacial score (nSPS) is 11.2. The number of aliphatic carboxylic acids is 1. The topological polar surface area (TPSA) is 56.7 Å². The minimum Gasteiger partial charge on any atom is -0.480 e. The van der Waals surface area contributed by atoms with Crippen LogP contribution in [0.1, 0.15) is 32.2 Å². The summed E-state index contributed by atoms with van der Waals surface area (Å²) in [5.41, 5.74) is 1.97. The van der Waals surface area contributed by atoms with Crippen LogP contribution in [0.25, 0.3) is 0 Å². The summed E-state index contributed by atoms with van der Waals surface area (Å²) in [6, 6.07) is 5.97. The summed E-state index contributed by atoms with van der Waals surface area (Å²) in [6.45, 7) is 10.4. The van der Waals surface area contributed by atoms with Gasteiger partial charge in [-0.2, -0.15) is 0 Å². The van der Waals surface area contributed by atoms with Crippen LogP contribution in [-0.4, -0.2) is 52.0 Å². The Bertz CT molecular complexity index is 419. The Labute approximate surface area is 121 Å². The number of hydrogen-bond donors (Lipinski definition) is 1. The summed E-state index contributed by atoms with van der Waals surface area (Å²) in [5, 5.41) is 8.86. The molecule has 5 nitrogen and oxygen atoms in total. The van der Waals surface area contributed by atoms with Crippen LogP contribution in [0.4, 0.5) is 0 Å². The van der Waals surface area contributed by atoms with Crippen molar-refractivity contribution in [3.63, 3.8) is 0 Å². The van der Waals surface area contributed by atoms with Gasteiger partial charge in [-0.15, -0.1) is 0 Å². The second kappa shape index (κ2) is 8.66. The third-order valence-electron chi connectivity index (χ3n) is 3.34. The van der Waals surface area contributed by atoms with Gasteiger partial charge in [0.2, 0.25) is 0 Å². The van der Waals surface area contributed by atoms with Crippen LogP contribution < -0.4 is 0 Å². The fourth-order valence-electron chi connectivity index (χ4n) is 2.08. The largest absolute Gasteiger partial charge is 0.480 e. The number of carbonyl (C=O) groups is 1. The van der Waals surface area contributed by atoms with Gasteiger partial charge in [-0.3, -0.25) is 19.6 Å². The number of pyridine rings is 1. The van der Waals surface area contributed by atoms with Crippen molar-refractivity contribution in [2.75, 3.05) is 26.2 Å². The van der Waals surface area contributed by atoms with E-state index in [0.29, 0.717) is 13.1 Å². The summed E-state index contributed by atoms with van der Waals surface area (Å²) >= 11 is 0. The van der Waals surface area contributed by atoms with E-state index in [-0.39, 0.29) is 6.54 Å². The number of carboxylic acids is 1. The zero-order chi connectivity index (χ0) is 15.0. The summed E-state index contributed by atoms with van der Waals surface area (Å²) in [6.07, 6.45) is 0. The highest BCUT2D eigenvalue weighted by molar-refractivity contribution is 5.69. The first-order chi connectivity index (χ1) is 9.58. The molecule has 20 heavy (non-hydrogen) atoms. The maximum atomic E-state index is 10.8. The SMILES string of the molecule is CCN(CC)Cc1cccc(CN(CC)CC(=O)O)n1. The number of aromatic nitrogens is 1. The molecule has 0 saturated carbocycles. The average molecular weight is 279 g/mol. The van der Waals surface area contributed by atoms with Crippen molar-refractivity contribution in [2.45, 2.75) is 33.9 Å². The molecule has 112 valence electrons. The first-order valence-corrected chi connectivity index (χ1v) is 7.20. The van der Waals surface area contributed by atoms with Crippen molar-refractivity contribution in [3.05, 3.63) is 29.6 Å². The van der Waals surface area contributed by atoms with Crippen LogP contribution in [0.3, 0.4) is 0 Å². The fraction of sp³-hybridized carbons (Fsp3) is 0.600. The van der Waals surface area contributed by atoms with Crippen LogP contribution >= 0.6 is 0 Å². The lowest BCUT2D eigenvalue weighted by Crippen LogP contribution is -2.29. The lowest BCUT2D eigenvalue weighted by molar-refractivity contribution is -0.138. The summed E-state index contributed by atoms with van der Waals surface area (Å²) < 4.78 is 0. The zero-order valence-electron chi connectivity index (χ0n) is 12.7. The van der Waals surface area contributed by atoms with E-state index in [1.165, 1.54) is 0 Å². The summed E-state index contributed by atoms with van der Waals surface area (Å²) in [5.74, 6) is -0.800. The fourth-order valence-corrected chi connectivity index (χ4v) is 2.08. The van der Waals surface area contributed by atoms with Gasteiger partial charge in [0.05, 0.1) is 17.9 Å². The van der Waals surface area contributed by atoms with Crippen molar-refractivity contribution in [2.24, 2.45) is 0 Å². The Morgan fingerprint density at radius 3 is 2.00 bits per heavy atom. The van der Waals surface area contributed by atoms with Gasteiger partial charge in [-0.1, -0.05) is 26.8 Å². The lowest BCUT2D eigenvalue weighted by atomic mass is 10.2. The van der Waals surface area contributed by atoms with Gasteiger partial charge in [0.25, 0.3) is 0 Å². The summed E-state index contributed by atoms with van der Waals surface area (Å²) in [4.78, 5) is 19.6. The van der Waals surface area contributed by atoms with Crippen LogP contribution in [0, 0.1) is 0 Å². The smallest absolute Gasteiger partial charge is 0.317 e. The Kier molecular flexibility index (Phi) is 7.18. The van der Waals surface area contributed by atoms with Crippen molar-refractivity contribution in [3.8, 4) is 0 Å². The maximum absolute atomic E-state index is 10.8. The molecule has 0 aliphatic carbocycles. The molecule has 0 aliphatic rings. The highest BCUT2D eigenvalue weighted by Gasteiger charge is 2.10. The van der Waals surface area contributed by atoms with Crippen molar-refractivity contribution in [1.82, 2.24) is 14.8 Å². The van der Waals surface area contributed by atoms with Gasteiger partial charge in [-0.25, -0.2) is 0 Å². The third-order valence-corrected chi connectivity index (χ3v) is 3.34. The first-order valence-electron chi connectivity index (χ1n) is 7.20. The van der Waals surface area contributed by atoms with E-state index in [9.17, 15) is 4.79 Å². The molecule has 0 radical (unpaired) electrons. The zero-order valence-corrected chi connectivity index (χ0v) is 12.7. The first kappa shape index (κ1) is 16.6. The quantitative estimate of drug-likeness (QED) is 0.747. The monoisotopic (exact) mass is 279 g/mol. The maximum Gasteiger partial charge on any atom is 0.317 e. The molecule has 0 fully saturated rings. The highest BCUT2D eigenvalue weighted by atomic mass is 16.4. The van der Waals surface area contributed by atoms with E-state index in [4.69, 9.17) is 5.11 Å². The molecule has 5 heteroatoms. The number of rotatable bonds is 9. The minimum atomic E-state index is -0.800. The molecule has 0 saturated heterocycles. The highest BCUT2D eigenvalue weighted by Crippen LogP contribution is 2.06.